The predicted octanol–water partition coefficient (Wildman–Crippen LogP) is 3.60. The van der Waals surface area contributed by atoms with Crippen molar-refractivity contribution in [2.45, 2.75) is 6.61 Å². The zero-order chi connectivity index (χ0) is 18.9. The molecule has 0 atom stereocenters. The Morgan fingerprint density at radius 3 is 2.00 bits per heavy atom. The van der Waals surface area contributed by atoms with Crippen LogP contribution in [0.5, 0.6) is 11.5 Å². The van der Waals surface area contributed by atoms with Gasteiger partial charge in [-0.2, -0.15) is 0 Å². The van der Waals surface area contributed by atoms with Crippen LogP contribution in [0.4, 0.5) is 0 Å². The number of amides is 1. The SMILES string of the molecule is O=C(CNC(=O)c1ccccc1)Oc1ccc(OCc2ccccc2)cc1. The van der Waals surface area contributed by atoms with E-state index in [9.17, 15) is 9.59 Å². The Bertz CT molecular complexity index is 877. The number of rotatable bonds is 7. The predicted molar refractivity (Wildman–Crippen MR) is 102 cm³/mol. The molecule has 0 bridgehead atoms. The fourth-order valence-corrected chi connectivity index (χ4v) is 2.36. The lowest BCUT2D eigenvalue weighted by Gasteiger charge is -2.08. The first-order valence-electron chi connectivity index (χ1n) is 8.51. The number of hydrogen-bond donors (Lipinski definition) is 1. The van der Waals surface area contributed by atoms with Crippen LogP contribution >= 0.6 is 0 Å². The summed E-state index contributed by atoms with van der Waals surface area (Å²) in [6.07, 6.45) is 0. The number of nitrogens with one attached hydrogen (secondary N) is 1. The van der Waals surface area contributed by atoms with E-state index in [1.807, 2.05) is 36.4 Å². The summed E-state index contributed by atoms with van der Waals surface area (Å²) >= 11 is 0. The van der Waals surface area contributed by atoms with Gasteiger partial charge in [-0.05, 0) is 42.0 Å². The van der Waals surface area contributed by atoms with E-state index in [2.05, 4.69) is 5.32 Å². The van der Waals surface area contributed by atoms with Gasteiger partial charge in [0, 0.05) is 5.56 Å². The average Bonchev–Trinajstić information content (AvgIpc) is 2.73. The Balaban J connectivity index is 1.45. The molecular formula is C22H19NO4. The highest BCUT2D eigenvalue weighted by Gasteiger charge is 2.09. The fourth-order valence-electron chi connectivity index (χ4n) is 2.36. The lowest BCUT2D eigenvalue weighted by atomic mass is 10.2. The molecule has 3 aromatic rings. The molecule has 5 nitrogen and oxygen atoms in total. The molecule has 0 unspecified atom stereocenters. The van der Waals surface area contributed by atoms with Crippen molar-refractivity contribution in [3.05, 3.63) is 96.1 Å². The van der Waals surface area contributed by atoms with Crippen LogP contribution in [0, 0.1) is 0 Å². The zero-order valence-electron chi connectivity index (χ0n) is 14.6. The van der Waals surface area contributed by atoms with Gasteiger partial charge in [-0.1, -0.05) is 48.5 Å². The lowest BCUT2D eigenvalue weighted by molar-refractivity contribution is -0.133. The molecule has 0 aliphatic carbocycles. The minimum absolute atomic E-state index is 0.208. The van der Waals surface area contributed by atoms with Crippen molar-refractivity contribution in [1.82, 2.24) is 5.32 Å². The monoisotopic (exact) mass is 361 g/mol. The van der Waals surface area contributed by atoms with Crippen molar-refractivity contribution in [1.29, 1.82) is 0 Å². The summed E-state index contributed by atoms with van der Waals surface area (Å²) in [5, 5.41) is 2.53. The van der Waals surface area contributed by atoms with Gasteiger partial charge in [0.1, 0.15) is 24.7 Å². The van der Waals surface area contributed by atoms with E-state index in [1.54, 1.807) is 48.5 Å². The maximum absolute atomic E-state index is 11.9. The van der Waals surface area contributed by atoms with Crippen molar-refractivity contribution in [3.63, 3.8) is 0 Å². The van der Waals surface area contributed by atoms with Crippen LogP contribution < -0.4 is 14.8 Å². The molecule has 136 valence electrons. The Hall–Kier alpha value is -3.60. The Labute approximate surface area is 157 Å². The molecule has 0 fully saturated rings. The minimum Gasteiger partial charge on any atom is -0.489 e. The van der Waals surface area contributed by atoms with Crippen LogP contribution in [0.3, 0.4) is 0 Å². The first-order valence-corrected chi connectivity index (χ1v) is 8.51. The van der Waals surface area contributed by atoms with Crippen molar-refractivity contribution < 1.29 is 19.1 Å². The highest BCUT2D eigenvalue weighted by molar-refractivity contribution is 5.96. The van der Waals surface area contributed by atoms with Crippen LogP contribution in [0.1, 0.15) is 15.9 Å². The second kappa shape index (κ2) is 9.20. The van der Waals surface area contributed by atoms with Gasteiger partial charge in [0.2, 0.25) is 0 Å². The largest absolute Gasteiger partial charge is 0.489 e. The summed E-state index contributed by atoms with van der Waals surface area (Å²) in [7, 11) is 0. The maximum Gasteiger partial charge on any atom is 0.330 e. The third-order valence-electron chi connectivity index (χ3n) is 3.73. The number of esters is 1. The molecule has 0 aromatic heterocycles. The van der Waals surface area contributed by atoms with E-state index >= 15 is 0 Å². The summed E-state index contributed by atoms with van der Waals surface area (Å²) in [4.78, 5) is 23.8. The van der Waals surface area contributed by atoms with E-state index in [0.717, 1.165) is 5.56 Å². The molecule has 0 saturated carbocycles. The van der Waals surface area contributed by atoms with Crippen LogP contribution in [-0.4, -0.2) is 18.4 Å². The second-order valence-electron chi connectivity index (χ2n) is 5.77. The van der Waals surface area contributed by atoms with E-state index in [0.29, 0.717) is 23.7 Å². The van der Waals surface area contributed by atoms with Crippen molar-refractivity contribution in [2.24, 2.45) is 0 Å². The van der Waals surface area contributed by atoms with Gasteiger partial charge in [0.05, 0.1) is 0 Å². The molecular weight excluding hydrogens is 342 g/mol. The fraction of sp³-hybridized carbons (Fsp3) is 0.0909. The normalized spacial score (nSPS) is 10.1. The molecule has 3 rings (SSSR count). The van der Waals surface area contributed by atoms with Gasteiger partial charge in [0.25, 0.3) is 5.91 Å². The molecule has 0 heterocycles. The molecule has 3 aromatic carbocycles. The highest BCUT2D eigenvalue weighted by atomic mass is 16.5. The maximum atomic E-state index is 11.9. The van der Waals surface area contributed by atoms with E-state index in [-0.39, 0.29) is 12.5 Å². The third-order valence-corrected chi connectivity index (χ3v) is 3.73. The van der Waals surface area contributed by atoms with Crippen LogP contribution in [0.25, 0.3) is 0 Å². The molecule has 5 heteroatoms. The minimum atomic E-state index is -0.544. The first-order chi connectivity index (χ1) is 13.2. The molecule has 1 N–H and O–H groups in total. The smallest absolute Gasteiger partial charge is 0.330 e. The number of carbonyl (C=O) groups excluding carboxylic acids is 2. The van der Waals surface area contributed by atoms with Gasteiger partial charge >= 0.3 is 5.97 Å². The summed E-state index contributed by atoms with van der Waals surface area (Å²) < 4.78 is 10.9. The summed E-state index contributed by atoms with van der Waals surface area (Å²) in [5.41, 5.74) is 1.56. The summed E-state index contributed by atoms with van der Waals surface area (Å²) in [5.74, 6) is 0.200. The second-order valence-corrected chi connectivity index (χ2v) is 5.77. The van der Waals surface area contributed by atoms with E-state index in [1.165, 1.54) is 0 Å². The Morgan fingerprint density at radius 1 is 0.741 bits per heavy atom. The quantitative estimate of drug-likeness (QED) is 0.516. The molecule has 0 spiro atoms. The number of hydrogen-bond acceptors (Lipinski definition) is 4. The number of benzene rings is 3. The van der Waals surface area contributed by atoms with Gasteiger partial charge in [-0.3, -0.25) is 4.79 Å². The topological polar surface area (TPSA) is 64.6 Å². The number of carbonyl (C=O) groups is 2. The first kappa shape index (κ1) is 18.2. The molecule has 27 heavy (non-hydrogen) atoms. The van der Waals surface area contributed by atoms with Crippen LogP contribution in [-0.2, 0) is 11.4 Å². The van der Waals surface area contributed by atoms with Crippen molar-refractivity contribution in [2.75, 3.05) is 6.54 Å². The molecule has 0 aliphatic heterocycles. The van der Waals surface area contributed by atoms with Gasteiger partial charge < -0.3 is 14.8 Å². The zero-order valence-corrected chi connectivity index (χ0v) is 14.6. The summed E-state index contributed by atoms with van der Waals surface area (Å²) in [6, 6.07) is 25.3. The Kier molecular flexibility index (Phi) is 6.20. The third kappa shape index (κ3) is 5.71. The molecule has 0 saturated heterocycles. The highest BCUT2D eigenvalue weighted by Crippen LogP contribution is 2.18. The van der Waals surface area contributed by atoms with Gasteiger partial charge in [0.15, 0.2) is 0 Å². The lowest BCUT2D eigenvalue weighted by Crippen LogP contribution is -2.31. The van der Waals surface area contributed by atoms with E-state index < -0.39 is 5.97 Å². The van der Waals surface area contributed by atoms with Gasteiger partial charge in [-0.25, -0.2) is 4.79 Å². The molecule has 0 radical (unpaired) electrons. The average molecular weight is 361 g/mol. The molecule has 0 aliphatic rings. The molecule has 1 amide bonds. The summed E-state index contributed by atoms with van der Waals surface area (Å²) in [6.45, 7) is 0.255. The Morgan fingerprint density at radius 2 is 1.33 bits per heavy atom. The van der Waals surface area contributed by atoms with Crippen LogP contribution in [0.2, 0.25) is 0 Å². The van der Waals surface area contributed by atoms with Crippen molar-refractivity contribution in [3.8, 4) is 11.5 Å². The van der Waals surface area contributed by atoms with Crippen LogP contribution in [0.15, 0.2) is 84.9 Å². The number of ether oxygens (including phenoxy) is 2. The van der Waals surface area contributed by atoms with Gasteiger partial charge in [-0.15, -0.1) is 0 Å². The standard InChI is InChI=1S/C22H19NO4/c24-21(15-23-22(25)18-9-5-2-6-10-18)27-20-13-11-19(12-14-20)26-16-17-7-3-1-4-8-17/h1-14H,15-16H2,(H,23,25). The van der Waals surface area contributed by atoms with Crippen molar-refractivity contribution >= 4 is 11.9 Å². The van der Waals surface area contributed by atoms with E-state index in [4.69, 9.17) is 9.47 Å².